The van der Waals surface area contributed by atoms with Gasteiger partial charge in [0.2, 0.25) is 11.8 Å². The molecule has 2 atom stereocenters. The Labute approximate surface area is 194 Å². The second kappa shape index (κ2) is 9.57. The molecule has 11 heteroatoms. The van der Waals surface area contributed by atoms with Gasteiger partial charge in [-0.05, 0) is 50.9 Å². The number of carbonyl (C=O) groups is 2. The van der Waals surface area contributed by atoms with E-state index in [4.69, 9.17) is 4.74 Å². The average Bonchev–Trinajstić information content (AvgIpc) is 3.40. The van der Waals surface area contributed by atoms with Gasteiger partial charge >= 0.3 is 6.18 Å². The fourth-order valence-corrected chi connectivity index (χ4v) is 4.30. The van der Waals surface area contributed by atoms with Crippen molar-refractivity contribution < 1.29 is 27.5 Å². The monoisotopic (exact) mass is 477 g/mol. The number of rotatable bonds is 7. The third-order valence-corrected chi connectivity index (χ3v) is 6.10. The van der Waals surface area contributed by atoms with Gasteiger partial charge < -0.3 is 20.3 Å². The average molecular weight is 477 g/mol. The molecule has 2 aliphatic rings. The van der Waals surface area contributed by atoms with Gasteiger partial charge in [0, 0.05) is 41.5 Å². The highest BCUT2D eigenvalue weighted by molar-refractivity contribution is 6.01. The summed E-state index contributed by atoms with van der Waals surface area (Å²) in [7, 11) is 0. The highest BCUT2D eigenvalue weighted by atomic mass is 19.4. The Kier molecular flexibility index (Phi) is 6.74. The van der Waals surface area contributed by atoms with Crippen LogP contribution in [0.5, 0.6) is 5.88 Å². The molecular weight excluding hydrogens is 451 g/mol. The minimum Gasteiger partial charge on any atom is -0.468 e. The first-order valence-electron chi connectivity index (χ1n) is 11.1. The molecule has 0 aromatic carbocycles. The minimum atomic E-state index is -4.46. The van der Waals surface area contributed by atoms with Crippen molar-refractivity contribution in [2.45, 2.75) is 57.9 Å². The predicted molar refractivity (Wildman–Crippen MR) is 117 cm³/mol. The number of ether oxygens (including phenoxy) is 1. The normalized spacial score (nSPS) is 18.7. The molecule has 4 heterocycles. The van der Waals surface area contributed by atoms with E-state index in [2.05, 4.69) is 20.6 Å². The molecule has 4 rings (SSSR count). The van der Waals surface area contributed by atoms with Gasteiger partial charge in [0.05, 0.1) is 12.6 Å². The number of nitrogens with zero attached hydrogens (tertiary/aromatic N) is 3. The standard InChI is InChI=1S/C23H26F3N5O3/c1-13-8-15(10-29-21(13)34-12-23(24,25)26)14(2)31-11-18-17(22(31)33)5-7-28-20(18)30-19(32)9-16-4-3-6-27-16/h5,7-8,10,14,16,27H,3-4,6,9,11-12H2,1-2H3,(H,28,30,32)/t14?,16-/m0/s1. The van der Waals surface area contributed by atoms with Gasteiger partial charge in [-0.25, -0.2) is 9.97 Å². The Morgan fingerprint density at radius 3 is 2.85 bits per heavy atom. The van der Waals surface area contributed by atoms with Crippen LogP contribution in [0.2, 0.25) is 0 Å². The van der Waals surface area contributed by atoms with Gasteiger partial charge in [-0.3, -0.25) is 9.59 Å². The number of amides is 2. The summed E-state index contributed by atoms with van der Waals surface area (Å²) in [4.78, 5) is 35.5. The van der Waals surface area contributed by atoms with Crippen LogP contribution in [0, 0.1) is 6.92 Å². The van der Waals surface area contributed by atoms with E-state index in [1.807, 2.05) is 6.92 Å². The molecule has 0 bridgehead atoms. The number of hydrogen-bond acceptors (Lipinski definition) is 6. The van der Waals surface area contributed by atoms with Crippen LogP contribution >= 0.6 is 0 Å². The van der Waals surface area contributed by atoms with Crippen molar-refractivity contribution >= 4 is 17.6 Å². The maximum absolute atomic E-state index is 13.1. The van der Waals surface area contributed by atoms with E-state index >= 15 is 0 Å². The summed E-state index contributed by atoms with van der Waals surface area (Å²) in [6.45, 7) is 3.14. The molecule has 2 amide bonds. The number of hydrogen-bond donors (Lipinski definition) is 2. The molecule has 2 aromatic rings. The highest BCUT2D eigenvalue weighted by Gasteiger charge is 2.34. The minimum absolute atomic E-state index is 0.102. The lowest BCUT2D eigenvalue weighted by molar-refractivity contribution is -0.154. The molecule has 1 saturated heterocycles. The van der Waals surface area contributed by atoms with Crippen molar-refractivity contribution in [2.75, 3.05) is 18.5 Å². The summed E-state index contributed by atoms with van der Waals surface area (Å²) < 4.78 is 42.1. The van der Waals surface area contributed by atoms with Crippen LogP contribution < -0.4 is 15.4 Å². The van der Waals surface area contributed by atoms with E-state index in [0.717, 1.165) is 19.4 Å². The first kappa shape index (κ1) is 23.9. The number of anilines is 1. The van der Waals surface area contributed by atoms with Crippen LogP contribution in [-0.4, -0.2) is 52.1 Å². The van der Waals surface area contributed by atoms with E-state index in [9.17, 15) is 22.8 Å². The summed E-state index contributed by atoms with van der Waals surface area (Å²) in [5.74, 6) is -0.106. The summed E-state index contributed by atoms with van der Waals surface area (Å²) in [5.41, 5.74) is 2.20. The lowest BCUT2D eigenvalue weighted by atomic mass is 10.1. The van der Waals surface area contributed by atoms with Crippen LogP contribution in [0.4, 0.5) is 19.0 Å². The Bertz CT molecular complexity index is 1090. The van der Waals surface area contributed by atoms with Crippen molar-refractivity contribution in [3.8, 4) is 5.88 Å². The molecule has 0 aliphatic carbocycles. The number of aryl methyl sites for hydroxylation is 1. The summed E-state index contributed by atoms with van der Waals surface area (Å²) in [5, 5.41) is 6.12. The number of alkyl halides is 3. The summed E-state index contributed by atoms with van der Waals surface area (Å²) >= 11 is 0. The first-order chi connectivity index (χ1) is 16.1. The molecule has 1 unspecified atom stereocenters. The van der Waals surface area contributed by atoms with E-state index in [-0.39, 0.29) is 30.3 Å². The SMILES string of the molecule is Cc1cc(C(C)N2Cc3c(ccnc3NC(=O)C[C@@H]3CCCN3)C2=O)cnc1OCC(F)(F)F. The van der Waals surface area contributed by atoms with Crippen LogP contribution in [0.1, 0.15) is 59.3 Å². The number of aromatic nitrogens is 2. The van der Waals surface area contributed by atoms with Gasteiger partial charge in [-0.15, -0.1) is 0 Å². The largest absolute Gasteiger partial charge is 0.468 e. The fraction of sp³-hybridized carbons (Fsp3) is 0.478. The number of pyridine rings is 2. The molecular formula is C23H26F3N5O3. The Morgan fingerprint density at radius 1 is 1.38 bits per heavy atom. The Morgan fingerprint density at radius 2 is 2.18 bits per heavy atom. The molecule has 0 radical (unpaired) electrons. The van der Waals surface area contributed by atoms with Gasteiger partial charge in [-0.1, -0.05) is 0 Å². The van der Waals surface area contributed by atoms with Gasteiger partial charge in [0.1, 0.15) is 5.82 Å². The molecule has 0 saturated carbocycles. The lowest BCUT2D eigenvalue weighted by Crippen LogP contribution is -2.28. The zero-order valence-electron chi connectivity index (χ0n) is 18.9. The fourth-order valence-electron chi connectivity index (χ4n) is 4.30. The van der Waals surface area contributed by atoms with Gasteiger partial charge in [0.25, 0.3) is 5.91 Å². The molecule has 2 aliphatic heterocycles. The van der Waals surface area contributed by atoms with Crippen molar-refractivity contribution in [3.63, 3.8) is 0 Å². The number of nitrogens with one attached hydrogen (secondary N) is 2. The van der Waals surface area contributed by atoms with E-state index in [0.29, 0.717) is 34.5 Å². The smallest absolute Gasteiger partial charge is 0.422 e. The van der Waals surface area contributed by atoms with Crippen LogP contribution in [-0.2, 0) is 11.3 Å². The lowest BCUT2D eigenvalue weighted by Gasteiger charge is -2.25. The third-order valence-electron chi connectivity index (χ3n) is 6.10. The predicted octanol–water partition coefficient (Wildman–Crippen LogP) is 3.52. The topological polar surface area (TPSA) is 96.5 Å². The molecule has 0 spiro atoms. The van der Waals surface area contributed by atoms with Crippen molar-refractivity contribution in [2.24, 2.45) is 0 Å². The number of carbonyl (C=O) groups excluding carboxylic acids is 2. The van der Waals surface area contributed by atoms with Gasteiger partial charge in [0.15, 0.2) is 6.61 Å². The summed E-state index contributed by atoms with van der Waals surface area (Å²) in [6, 6.07) is 3.02. The molecule has 182 valence electrons. The van der Waals surface area contributed by atoms with Crippen molar-refractivity contribution in [1.29, 1.82) is 0 Å². The molecule has 34 heavy (non-hydrogen) atoms. The number of fused-ring (bicyclic) bond motifs is 1. The van der Waals surface area contributed by atoms with E-state index < -0.39 is 18.8 Å². The maximum atomic E-state index is 13.1. The zero-order valence-corrected chi connectivity index (χ0v) is 18.9. The molecule has 2 N–H and O–H groups in total. The van der Waals surface area contributed by atoms with E-state index in [1.165, 1.54) is 12.4 Å². The van der Waals surface area contributed by atoms with Crippen LogP contribution in [0.15, 0.2) is 24.5 Å². The molecule has 1 fully saturated rings. The Hall–Kier alpha value is -3.21. The zero-order chi connectivity index (χ0) is 24.5. The molecule has 8 nitrogen and oxygen atoms in total. The maximum Gasteiger partial charge on any atom is 0.422 e. The second-order valence-corrected chi connectivity index (χ2v) is 8.63. The van der Waals surface area contributed by atoms with E-state index in [1.54, 1.807) is 24.0 Å². The Balaban J connectivity index is 1.46. The summed E-state index contributed by atoms with van der Waals surface area (Å²) in [6.07, 6.45) is 0.783. The second-order valence-electron chi connectivity index (χ2n) is 8.63. The number of halogens is 3. The molecule has 2 aromatic heterocycles. The third kappa shape index (κ3) is 5.30. The van der Waals surface area contributed by atoms with Crippen LogP contribution in [0.3, 0.4) is 0 Å². The van der Waals surface area contributed by atoms with Crippen molar-refractivity contribution in [1.82, 2.24) is 20.2 Å². The van der Waals surface area contributed by atoms with Crippen molar-refractivity contribution in [3.05, 3.63) is 46.8 Å². The van der Waals surface area contributed by atoms with Gasteiger partial charge in [-0.2, -0.15) is 13.2 Å². The first-order valence-corrected chi connectivity index (χ1v) is 11.1. The highest BCUT2D eigenvalue weighted by Crippen LogP contribution is 2.35. The quantitative estimate of drug-likeness (QED) is 0.634. The van der Waals surface area contributed by atoms with Crippen LogP contribution in [0.25, 0.3) is 0 Å².